The molecule has 0 spiro atoms. The molecule has 2 rings (SSSR count). The van der Waals surface area contributed by atoms with Crippen molar-refractivity contribution in [2.24, 2.45) is 5.73 Å². The molecule has 0 amide bonds. The second kappa shape index (κ2) is 5.97. The van der Waals surface area contributed by atoms with Gasteiger partial charge >= 0.3 is 5.97 Å². The van der Waals surface area contributed by atoms with Crippen molar-refractivity contribution >= 4 is 29.0 Å². The zero-order chi connectivity index (χ0) is 13.8. The van der Waals surface area contributed by atoms with E-state index >= 15 is 0 Å². The number of esters is 1. The average molecular weight is 279 g/mol. The molecule has 1 fully saturated rings. The minimum atomic E-state index is -0.271. The summed E-state index contributed by atoms with van der Waals surface area (Å²) in [5.74, 6) is 0.502. The van der Waals surface area contributed by atoms with Crippen molar-refractivity contribution < 1.29 is 9.53 Å². The van der Waals surface area contributed by atoms with Crippen molar-refractivity contribution in [3.05, 3.63) is 23.9 Å². The fraction of sp³-hybridized carbons (Fsp3) is 0.462. The summed E-state index contributed by atoms with van der Waals surface area (Å²) in [5.41, 5.74) is 6.38. The van der Waals surface area contributed by atoms with E-state index in [1.807, 2.05) is 11.0 Å². The molecule has 6 heteroatoms. The first-order chi connectivity index (χ1) is 9.13. The third kappa shape index (κ3) is 3.01. The highest BCUT2D eigenvalue weighted by Crippen LogP contribution is 2.24. The summed E-state index contributed by atoms with van der Waals surface area (Å²) in [5, 5.41) is 0. The molecule has 5 nitrogen and oxygen atoms in total. The summed E-state index contributed by atoms with van der Waals surface area (Å²) in [6, 6.07) is 3.32. The van der Waals surface area contributed by atoms with Gasteiger partial charge in [-0.05, 0) is 31.4 Å². The molecule has 0 bridgehead atoms. The van der Waals surface area contributed by atoms with Crippen LogP contribution in [0.15, 0.2) is 18.3 Å². The van der Waals surface area contributed by atoms with Crippen molar-refractivity contribution in [2.45, 2.75) is 25.3 Å². The van der Waals surface area contributed by atoms with Gasteiger partial charge in [0.05, 0.1) is 7.11 Å². The molecule has 1 aromatic heterocycles. The van der Waals surface area contributed by atoms with Crippen LogP contribution in [0.3, 0.4) is 0 Å². The topological polar surface area (TPSA) is 68.5 Å². The van der Waals surface area contributed by atoms with Gasteiger partial charge < -0.3 is 15.4 Å². The van der Waals surface area contributed by atoms with E-state index in [9.17, 15) is 4.79 Å². The monoisotopic (exact) mass is 279 g/mol. The van der Waals surface area contributed by atoms with Crippen LogP contribution in [0.2, 0.25) is 0 Å². The van der Waals surface area contributed by atoms with Gasteiger partial charge in [0.1, 0.15) is 16.8 Å². The zero-order valence-corrected chi connectivity index (χ0v) is 11.7. The van der Waals surface area contributed by atoms with Gasteiger partial charge in [-0.15, -0.1) is 0 Å². The van der Waals surface area contributed by atoms with E-state index in [4.69, 9.17) is 22.7 Å². The average Bonchev–Trinajstić information content (AvgIpc) is 2.46. The van der Waals surface area contributed by atoms with E-state index in [1.165, 1.54) is 7.11 Å². The number of thiocarbonyl (C=S) groups is 1. The van der Waals surface area contributed by atoms with Gasteiger partial charge in [0, 0.05) is 18.3 Å². The van der Waals surface area contributed by atoms with Crippen molar-refractivity contribution in [3.63, 3.8) is 0 Å². The molecule has 102 valence electrons. The Bertz CT molecular complexity index is 493. The van der Waals surface area contributed by atoms with Crippen molar-refractivity contribution in [1.82, 2.24) is 4.98 Å². The summed E-state index contributed by atoms with van der Waals surface area (Å²) in [7, 11) is 1.41. The lowest BCUT2D eigenvalue weighted by molar-refractivity contribution is -0.142. The second-order valence-electron chi connectivity index (χ2n) is 4.50. The molecular weight excluding hydrogens is 262 g/mol. The number of nitrogens with zero attached hydrogens (tertiary/aromatic N) is 2. The Labute approximate surface area is 117 Å². The van der Waals surface area contributed by atoms with Crippen LogP contribution in [-0.2, 0) is 9.53 Å². The van der Waals surface area contributed by atoms with Crippen LogP contribution < -0.4 is 10.6 Å². The van der Waals surface area contributed by atoms with Crippen LogP contribution in [0.1, 0.15) is 24.8 Å². The maximum Gasteiger partial charge on any atom is 0.328 e. The van der Waals surface area contributed by atoms with Gasteiger partial charge in [0.25, 0.3) is 0 Å². The highest BCUT2D eigenvalue weighted by molar-refractivity contribution is 7.80. The first-order valence-electron chi connectivity index (χ1n) is 6.24. The van der Waals surface area contributed by atoms with E-state index < -0.39 is 0 Å². The van der Waals surface area contributed by atoms with E-state index in [2.05, 4.69) is 4.98 Å². The minimum absolute atomic E-state index is 0.220. The lowest BCUT2D eigenvalue weighted by Crippen LogP contribution is -2.45. The molecule has 1 unspecified atom stereocenters. The van der Waals surface area contributed by atoms with Gasteiger partial charge in [-0.3, -0.25) is 0 Å². The molecule has 1 aromatic rings. The fourth-order valence-corrected chi connectivity index (χ4v) is 2.44. The Kier molecular flexibility index (Phi) is 4.31. The standard InChI is InChI=1S/C13H17N3O2S/c1-18-13(17)10-4-2-3-7-16(10)11-8-9(12(14)19)5-6-15-11/h5-6,8,10H,2-4,7H2,1H3,(H2,14,19). The molecule has 2 heterocycles. The minimum Gasteiger partial charge on any atom is -0.467 e. The number of rotatable bonds is 3. The smallest absolute Gasteiger partial charge is 0.328 e. The maximum atomic E-state index is 11.8. The van der Waals surface area contributed by atoms with Crippen molar-refractivity contribution in [2.75, 3.05) is 18.6 Å². The predicted octanol–water partition coefficient (Wildman–Crippen LogP) is 1.25. The molecule has 0 saturated carbocycles. The van der Waals surface area contributed by atoms with E-state index in [0.717, 1.165) is 37.2 Å². The molecule has 0 radical (unpaired) electrons. The first kappa shape index (κ1) is 13.7. The summed E-state index contributed by atoms with van der Waals surface area (Å²) in [6.07, 6.45) is 4.50. The van der Waals surface area contributed by atoms with Gasteiger partial charge in [-0.25, -0.2) is 9.78 Å². The number of pyridine rings is 1. The molecule has 1 aliphatic rings. The summed E-state index contributed by atoms with van der Waals surface area (Å²) in [6.45, 7) is 0.785. The molecule has 2 N–H and O–H groups in total. The molecule has 1 aliphatic heterocycles. The molecular formula is C13H17N3O2S. The van der Waals surface area contributed by atoms with Crippen molar-refractivity contribution in [3.8, 4) is 0 Å². The third-order valence-electron chi connectivity index (χ3n) is 3.30. The van der Waals surface area contributed by atoms with E-state index in [1.54, 1.807) is 12.3 Å². The van der Waals surface area contributed by atoms with Gasteiger partial charge in [0.15, 0.2) is 0 Å². The lowest BCUT2D eigenvalue weighted by atomic mass is 10.0. The zero-order valence-electron chi connectivity index (χ0n) is 10.8. The number of hydrogen-bond acceptors (Lipinski definition) is 5. The van der Waals surface area contributed by atoms with Crippen LogP contribution in [0, 0.1) is 0 Å². The predicted molar refractivity (Wildman–Crippen MR) is 77.1 cm³/mol. The first-order valence-corrected chi connectivity index (χ1v) is 6.64. The number of methoxy groups -OCH3 is 1. The Morgan fingerprint density at radius 3 is 3.05 bits per heavy atom. The van der Waals surface area contributed by atoms with Crippen LogP contribution in [-0.4, -0.2) is 35.6 Å². The van der Waals surface area contributed by atoms with E-state index in [-0.39, 0.29) is 12.0 Å². The van der Waals surface area contributed by atoms with Gasteiger partial charge in [-0.2, -0.15) is 0 Å². The van der Waals surface area contributed by atoms with Crippen molar-refractivity contribution in [1.29, 1.82) is 0 Å². The number of carbonyl (C=O) groups is 1. The Hall–Kier alpha value is -1.69. The number of ether oxygens (including phenoxy) is 1. The van der Waals surface area contributed by atoms with Gasteiger partial charge in [0.2, 0.25) is 0 Å². The van der Waals surface area contributed by atoms with Crippen LogP contribution >= 0.6 is 12.2 Å². The number of carbonyl (C=O) groups excluding carboxylic acids is 1. The third-order valence-corrected chi connectivity index (χ3v) is 3.54. The Morgan fingerprint density at radius 2 is 2.37 bits per heavy atom. The highest BCUT2D eigenvalue weighted by atomic mass is 32.1. The quantitative estimate of drug-likeness (QED) is 0.663. The van der Waals surface area contributed by atoms with Crippen LogP contribution in [0.4, 0.5) is 5.82 Å². The summed E-state index contributed by atoms with van der Waals surface area (Å²) in [4.78, 5) is 18.4. The molecule has 0 aliphatic carbocycles. The molecule has 1 saturated heterocycles. The Morgan fingerprint density at radius 1 is 1.58 bits per heavy atom. The second-order valence-corrected chi connectivity index (χ2v) is 4.93. The summed E-state index contributed by atoms with van der Waals surface area (Å²) >= 11 is 4.97. The van der Waals surface area contributed by atoms with E-state index in [0.29, 0.717) is 4.99 Å². The maximum absolute atomic E-state index is 11.8. The number of aromatic nitrogens is 1. The Balaban J connectivity index is 2.29. The number of anilines is 1. The van der Waals surface area contributed by atoms with Crippen LogP contribution in [0.5, 0.6) is 0 Å². The summed E-state index contributed by atoms with van der Waals surface area (Å²) < 4.78 is 4.86. The number of nitrogens with two attached hydrogens (primary N) is 1. The lowest BCUT2D eigenvalue weighted by Gasteiger charge is -2.34. The molecule has 19 heavy (non-hydrogen) atoms. The largest absolute Gasteiger partial charge is 0.467 e. The SMILES string of the molecule is COC(=O)C1CCCCN1c1cc(C(N)=S)ccn1. The normalized spacial score (nSPS) is 19.0. The number of piperidine rings is 1. The van der Waals surface area contributed by atoms with Gasteiger partial charge in [-0.1, -0.05) is 12.2 Å². The van der Waals surface area contributed by atoms with Crippen LogP contribution in [0.25, 0.3) is 0 Å². The fourth-order valence-electron chi connectivity index (χ4n) is 2.32. The highest BCUT2D eigenvalue weighted by Gasteiger charge is 2.30. The molecule has 0 aromatic carbocycles. The molecule has 1 atom stereocenters. The number of hydrogen-bond donors (Lipinski definition) is 1.